The Bertz CT molecular complexity index is 3620. The zero-order chi connectivity index (χ0) is 36.0. The Balaban J connectivity index is 1.20. The van der Waals surface area contributed by atoms with E-state index in [0.29, 0.717) is 0 Å². The van der Waals surface area contributed by atoms with Gasteiger partial charge in [0.15, 0.2) is 0 Å². The molecule has 0 spiro atoms. The summed E-state index contributed by atoms with van der Waals surface area (Å²) in [6.07, 6.45) is 0. The minimum atomic E-state index is 1.19. The average molecular weight is 734 g/mol. The Hall–Kier alpha value is -6.52. The summed E-state index contributed by atoms with van der Waals surface area (Å²) in [5, 5.41) is 15.2. The Labute approximate surface area is 324 Å². The van der Waals surface area contributed by atoms with Gasteiger partial charge < -0.3 is 4.57 Å². The minimum absolute atomic E-state index is 1.19. The van der Waals surface area contributed by atoms with Crippen LogP contribution in [0.15, 0.2) is 188 Å². The van der Waals surface area contributed by atoms with Gasteiger partial charge >= 0.3 is 0 Å². The third-order valence-electron chi connectivity index (χ3n) is 11.4. The molecular weight excluding hydrogens is 703 g/mol. The summed E-state index contributed by atoms with van der Waals surface area (Å²) in [6, 6.07) is 70.0. The summed E-state index contributed by atoms with van der Waals surface area (Å²) in [4.78, 5) is 0. The molecule has 3 heterocycles. The van der Waals surface area contributed by atoms with Gasteiger partial charge in [-0.25, -0.2) is 0 Å². The summed E-state index contributed by atoms with van der Waals surface area (Å²) in [5.41, 5.74) is 6.09. The van der Waals surface area contributed by atoms with Gasteiger partial charge in [0.25, 0.3) is 0 Å². The maximum atomic E-state index is 2.51. The number of hydrogen-bond acceptors (Lipinski definition) is 2. The number of aromatic nitrogens is 1. The molecule has 0 aliphatic carbocycles. The highest BCUT2D eigenvalue weighted by Gasteiger charge is 2.18. The van der Waals surface area contributed by atoms with Crippen molar-refractivity contribution in [1.82, 2.24) is 4.57 Å². The highest BCUT2D eigenvalue weighted by atomic mass is 32.1. The fraction of sp³-hybridized carbons (Fsp3) is 0. The molecule has 0 amide bonds. The van der Waals surface area contributed by atoms with Crippen LogP contribution in [0, 0.1) is 0 Å². The fourth-order valence-electron chi connectivity index (χ4n) is 8.98. The molecule has 256 valence electrons. The SMILES string of the molecule is c1ccc2c(c1)sc1ccc(-c3cccc4c(-n5c6ccccc6c6cc7c(cc65)c5ccccc5sc5ccccc5c5ccccc57)cccc34)cc12. The highest BCUT2D eigenvalue weighted by Crippen LogP contribution is 2.43. The van der Waals surface area contributed by atoms with E-state index in [4.69, 9.17) is 0 Å². The molecule has 55 heavy (non-hydrogen) atoms. The van der Waals surface area contributed by atoms with E-state index in [0.717, 1.165) is 0 Å². The highest BCUT2D eigenvalue weighted by molar-refractivity contribution is 7.26. The van der Waals surface area contributed by atoms with E-state index in [1.54, 1.807) is 0 Å². The Morgan fingerprint density at radius 3 is 1.51 bits per heavy atom. The number of thiophene rings is 1. The number of fused-ring (bicyclic) bond motifs is 14. The topological polar surface area (TPSA) is 4.93 Å². The van der Waals surface area contributed by atoms with Crippen LogP contribution in [0.5, 0.6) is 0 Å². The summed E-state index contributed by atoms with van der Waals surface area (Å²) in [5.74, 6) is 0. The summed E-state index contributed by atoms with van der Waals surface area (Å²) >= 11 is 3.73. The number of nitrogens with zero attached hydrogens (tertiary/aromatic N) is 1. The van der Waals surface area contributed by atoms with Crippen LogP contribution >= 0.6 is 22.7 Å². The van der Waals surface area contributed by atoms with Gasteiger partial charge in [-0.1, -0.05) is 133 Å². The van der Waals surface area contributed by atoms with E-state index in [2.05, 4.69) is 193 Å². The van der Waals surface area contributed by atoms with Gasteiger partial charge in [0.05, 0.1) is 16.7 Å². The van der Waals surface area contributed by atoms with Crippen molar-refractivity contribution in [1.29, 1.82) is 0 Å². The van der Waals surface area contributed by atoms with Crippen molar-refractivity contribution in [2.24, 2.45) is 0 Å². The van der Waals surface area contributed by atoms with Gasteiger partial charge in [-0.3, -0.25) is 0 Å². The number of rotatable bonds is 2. The summed E-state index contributed by atoms with van der Waals surface area (Å²) in [6.45, 7) is 0. The van der Waals surface area contributed by atoms with E-state index in [1.165, 1.54) is 111 Å². The molecule has 12 rings (SSSR count). The van der Waals surface area contributed by atoms with Crippen LogP contribution in [0.1, 0.15) is 0 Å². The van der Waals surface area contributed by atoms with E-state index in [9.17, 15) is 0 Å². The van der Waals surface area contributed by atoms with E-state index >= 15 is 0 Å². The lowest BCUT2D eigenvalue weighted by Crippen LogP contribution is -1.96. The summed E-state index contributed by atoms with van der Waals surface area (Å²) < 4.78 is 7.70. The van der Waals surface area contributed by atoms with E-state index < -0.39 is 0 Å². The van der Waals surface area contributed by atoms with Gasteiger partial charge in [-0.15, -0.1) is 22.7 Å². The normalized spacial score (nSPS) is 12.0. The van der Waals surface area contributed by atoms with Crippen LogP contribution in [-0.2, 0) is 0 Å². The molecule has 1 nitrogen and oxygen atoms in total. The van der Waals surface area contributed by atoms with Gasteiger partial charge in [-0.2, -0.15) is 0 Å². The van der Waals surface area contributed by atoms with Crippen molar-refractivity contribution in [3.8, 4) is 16.8 Å². The zero-order valence-electron chi connectivity index (χ0n) is 29.7. The molecule has 9 aromatic carbocycles. The molecule has 0 saturated carbocycles. The van der Waals surface area contributed by atoms with Crippen molar-refractivity contribution < 1.29 is 0 Å². The third kappa shape index (κ3) is 4.64. The van der Waals surface area contributed by atoms with Crippen molar-refractivity contribution in [2.75, 3.05) is 0 Å². The van der Waals surface area contributed by atoms with Crippen molar-refractivity contribution in [2.45, 2.75) is 0 Å². The van der Waals surface area contributed by atoms with Crippen molar-refractivity contribution >= 4 is 117 Å². The first-order chi connectivity index (χ1) is 27.3. The molecule has 3 aromatic heterocycles. The van der Waals surface area contributed by atoms with Crippen molar-refractivity contribution in [3.63, 3.8) is 0 Å². The lowest BCUT2D eigenvalue weighted by Gasteiger charge is -2.14. The average Bonchev–Trinajstić information content (AvgIpc) is 3.79. The monoisotopic (exact) mass is 733 g/mol. The molecule has 0 N–H and O–H groups in total. The lowest BCUT2D eigenvalue weighted by molar-refractivity contribution is 1.20. The zero-order valence-corrected chi connectivity index (χ0v) is 31.3. The molecule has 0 radical (unpaired) electrons. The third-order valence-corrected chi connectivity index (χ3v) is 13.7. The van der Waals surface area contributed by atoms with Gasteiger partial charge in [-0.05, 0) is 103 Å². The van der Waals surface area contributed by atoms with Crippen molar-refractivity contribution in [3.05, 3.63) is 188 Å². The Kier molecular flexibility index (Phi) is 6.74. The summed E-state index contributed by atoms with van der Waals surface area (Å²) in [7, 11) is 0. The minimum Gasteiger partial charge on any atom is -0.309 e. The molecule has 0 bridgehead atoms. The quantitative estimate of drug-likeness (QED) is 0.167. The largest absolute Gasteiger partial charge is 0.309 e. The first-order valence-corrected chi connectivity index (χ1v) is 20.4. The van der Waals surface area contributed by atoms with Crippen LogP contribution in [0.25, 0.3) is 111 Å². The molecule has 0 unspecified atom stereocenters. The number of hydrogen-bond donors (Lipinski definition) is 0. The Morgan fingerprint density at radius 2 is 0.782 bits per heavy atom. The van der Waals surface area contributed by atoms with Gasteiger partial charge in [0.1, 0.15) is 0 Å². The molecule has 0 fully saturated rings. The smallest absolute Gasteiger partial charge is 0.0547 e. The molecule has 0 saturated heterocycles. The molecule has 3 heteroatoms. The maximum absolute atomic E-state index is 2.51. The molecule has 12 aromatic rings. The first-order valence-electron chi connectivity index (χ1n) is 18.8. The molecule has 0 aliphatic rings. The second-order valence-corrected chi connectivity index (χ2v) is 16.6. The predicted octanol–water partition coefficient (Wildman–Crippen LogP) is 15.8. The van der Waals surface area contributed by atoms with Gasteiger partial charge in [0, 0.05) is 45.7 Å². The van der Waals surface area contributed by atoms with Crippen LogP contribution in [0.3, 0.4) is 0 Å². The van der Waals surface area contributed by atoms with Crippen LogP contribution in [-0.4, -0.2) is 4.57 Å². The Morgan fingerprint density at radius 1 is 0.273 bits per heavy atom. The maximum Gasteiger partial charge on any atom is 0.0547 e. The van der Waals surface area contributed by atoms with E-state index in [-0.39, 0.29) is 0 Å². The molecule has 0 aliphatic heterocycles. The first kappa shape index (κ1) is 30.9. The second kappa shape index (κ2) is 12.0. The molecular formula is C52H31NS2. The van der Waals surface area contributed by atoms with Crippen LogP contribution < -0.4 is 0 Å². The predicted molar refractivity (Wildman–Crippen MR) is 242 cm³/mol. The standard InChI is InChI=1S/C52H31NS2/c1-2-14-36-35(13-1)39-16-4-8-24-49(39)54-50-25-9-5-17-40(50)43-31-48-44(30-42(36)43)38-15-3-7-22-46(38)53(48)47-23-12-20-34-33(19-11-21-37(34)47)32-27-28-52-45(29-32)41-18-6-10-26-51(41)55-52/h1-31H. The fourth-order valence-corrected chi connectivity index (χ4v) is 11.2. The van der Waals surface area contributed by atoms with E-state index in [1.807, 2.05) is 22.7 Å². The lowest BCUT2D eigenvalue weighted by atomic mass is 9.96. The van der Waals surface area contributed by atoms with Gasteiger partial charge in [0.2, 0.25) is 0 Å². The number of benzene rings is 9. The van der Waals surface area contributed by atoms with Crippen LogP contribution in [0.2, 0.25) is 0 Å². The second-order valence-electron chi connectivity index (χ2n) is 14.4. The van der Waals surface area contributed by atoms with Crippen LogP contribution in [0.4, 0.5) is 0 Å². The number of para-hydroxylation sites is 1. The molecule has 0 atom stereocenters.